The van der Waals surface area contributed by atoms with Crippen molar-refractivity contribution < 1.29 is 25.9 Å². The van der Waals surface area contributed by atoms with Gasteiger partial charge in [-0.2, -0.15) is 16.8 Å². The molecule has 0 aliphatic carbocycles. The summed E-state index contributed by atoms with van der Waals surface area (Å²) in [5.74, 6) is -0.680. The first-order chi connectivity index (χ1) is 6.58. The summed E-state index contributed by atoms with van der Waals surface area (Å²) in [6.45, 7) is -0.425. The quantitative estimate of drug-likeness (QED) is 0.392. The van der Waals surface area contributed by atoms with Crippen LogP contribution in [-0.2, 0) is 20.2 Å². The van der Waals surface area contributed by atoms with Crippen molar-refractivity contribution in [1.82, 2.24) is 0 Å². The normalized spacial score (nSPS) is 17.3. The Balaban J connectivity index is 4.50. The van der Waals surface area contributed by atoms with Crippen LogP contribution in [0.1, 0.15) is 6.42 Å². The molecule has 0 fully saturated rings. The lowest BCUT2D eigenvalue weighted by Gasteiger charge is -2.18. The Bertz CT molecular complexity index is 388. The van der Waals surface area contributed by atoms with Crippen LogP contribution in [0.2, 0.25) is 0 Å². The number of hydrogen-bond donors (Lipinski definition) is 4. The average Bonchev–Trinajstić information content (AvgIpc) is 1.98. The summed E-state index contributed by atoms with van der Waals surface area (Å²) in [6.07, 6.45) is -0.305. The van der Waals surface area contributed by atoms with Gasteiger partial charge in [-0.15, -0.1) is 0 Å². The van der Waals surface area contributed by atoms with Crippen LogP contribution < -0.4 is 11.5 Å². The van der Waals surface area contributed by atoms with E-state index in [0.717, 1.165) is 0 Å². The maximum atomic E-state index is 10.7. The predicted molar refractivity (Wildman–Crippen MR) is 53.4 cm³/mol. The third-order valence-electron chi connectivity index (χ3n) is 1.80. The minimum Gasteiger partial charge on any atom is -0.329 e. The molecule has 0 radical (unpaired) electrons. The van der Waals surface area contributed by atoms with E-state index in [0.29, 0.717) is 0 Å². The molecule has 0 saturated carbocycles. The van der Waals surface area contributed by atoms with E-state index in [1.807, 2.05) is 0 Å². The van der Waals surface area contributed by atoms with Gasteiger partial charge in [-0.05, 0) is 6.42 Å². The molecular formula is C5H14N2O6S2. The largest absolute Gasteiger partial charge is 0.329 e. The summed E-state index contributed by atoms with van der Waals surface area (Å²) in [5, 5.41) is -1.43. The minimum atomic E-state index is -4.41. The Morgan fingerprint density at radius 3 is 1.87 bits per heavy atom. The number of hydrogen-bond acceptors (Lipinski definition) is 6. The van der Waals surface area contributed by atoms with Gasteiger partial charge in [0.1, 0.15) is 5.25 Å². The zero-order valence-corrected chi connectivity index (χ0v) is 9.41. The minimum absolute atomic E-state index is 0.305. The monoisotopic (exact) mass is 262 g/mol. The molecule has 0 rings (SSSR count). The van der Waals surface area contributed by atoms with E-state index in [1.54, 1.807) is 0 Å². The standard InChI is InChI=1S/C5H14N2O6S2/c6-3-5(15(11,12)13)4(7)1-2-14(8,9)10/h4-5H,1-3,6-7H2,(H,8,9,10)(H,11,12,13). The Hall–Kier alpha value is -0.260. The van der Waals surface area contributed by atoms with Gasteiger partial charge in [-0.3, -0.25) is 9.11 Å². The third-order valence-corrected chi connectivity index (χ3v) is 3.86. The predicted octanol–water partition coefficient (Wildman–Crippen LogP) is -2.19. The molecule has 0 aromatic carbocycles. The first kappa shape index (κ1) is 14.7. The Morgan fingerprint density at radius 1 is 1.13 bits per heavy atom. The fraction of sp³-hybridized carbons (Fsp3) is 1.00. The molecule has 92 valence electrons. The zero-order chi connectivity index (χ0) is 12.3. The van der Waals surface area contributed by atoms with Crippen molar-refractivity contribution >= 4 is 20.2 Å². The molecule has 2 atom stereocenters. The maximum absolute atomic E-state index is 10.7. The van der Waals surface area contributed by atoms with E-state index >= 15 is 0 Å². The summed E-state index contributed by atoms with van der Waals surface area (Å²) in [7, 11) is -8.61. The lowest BCUT2D eigenvalue weighted by Crippen LogP contribution is -2.46. The molecule has 2 unspecified atom stereocenters. The van der Waals surface area contributed by atoms with E-state index in [4.69, 9.17) is 20.6 Å². The molecule has 0 aromatic heterocycles. The highest BCUT2D eigenvalue weighted by Gasteiger charge is 2.29. The molecule has 6 N–H and O–H groups in total. The zero-order valence-electron chi connectivity index (χ0n) is 7.77. The van der Waals surface area contributed by atoms with E-state index in [-0.39, 0.29) is 6.42 Å². The van der Waals surface area contributed by atoms with Crippen LogP contribution in [0.4, 0.5) is 0 Å². The highest BCUT2D eigenvalue weighted by Crippen LogP contribution is 2.06. The van der Waals surface area contributed by atoms with Crippen molar-refractivity contribution in [2.24, 2.45) is 11.5 Å². The fourth-order valence-corrected chi connectivity index (χ4v) is 2.38. The molecule has 10 heteroatoms. The second-order valence-electron chi connectivity index (χ2n) is 3.03. The summed E-state index contributed by atoms with van der Waals surface area (Å²) >= 11 is 0. The van der Waals surface area contributed by atoms with Crippen LogP contribution in [0.3, 0.4) is 0 Å². The molecule has 0 aliphatic rings. The summed E-state index contributed by atoms with van der Waals surface area (Å²) in [5.41, 5.74) is 10.4. The summed E-state index contributed by atoms with van der Waals surface area (Å²) in [6, 6.07) is -1.15. The number of rotatable bonds is 6. The molecule has 8 nitrogen and oxygen atoms in total. The van der Waals surface area contributed by atoms with Crippen LogP contribution >= 0.6 is 0 Å². The van der Waals surface area contributed by atoms with Crippen LogP contribution in [-0.4, -0.2) is 49.5 Å². The maximum Gasteiger partial charge on any atom is 0.270 e. The van der Waals surface area contributed by atoms with Crippen molar-refractivity contribution in [3.8, 4) is 0 Å². The molecule has 0 heterocycles. The van der Waals surface area contributed by atoms with Crippen molar-refractivity contribution in [1.29, 1.82) is 0 Å². The lowest BCUT2D eigenvalue weighted by atomic mass is 10.2. The van der Waals surface area contributed by atoms with Crippen molar-refractivity contribution in [2.45, 2.75) is 17.7 Å². The van der Waals surface area contributed by atoms with Gasteiger partial charge in [-0.25, -0.2) is 0 Å². The summed E-state index contributed by atoms with van der Waals surface area (Å²) in [4.78, 5) is 0. The van der Waals surface area contributed by atoms with Gasteiger partial charge in [0.2, 0.25) is 0 Å². The Labute approximate surface area is 88.1 Å². The van der Waals surface area contributed by atoms with E-state index in [1.165, 1.54) is 0 Å². The molecule has 0 saturated heterocycles. The van der Waals surface area contributed by atoms with Gasteiger partial charge in [0.05, 0.1) is 5.75 Å². The van der Waals surface area contributed by atoms with E-state index in [9.17, 15) is 16.8 Å². The second-order valence-corrected chi connectivity index (χ2v) is 6.24. The van der Waals surface area contributed by atoms with Crippen molar-refractivity contribution in [3.05, 3.63) is 0 Å². The highest BCUT2D eigenvalue weighted by atomic mass is 32.2. The highest BCUT2D eigenvalue weighted by molar-refractivity contribution is 7.86. The van der Waals surface area contributed by atoms with Gasteiger partial charge in [0, 0.05) is 12.6 Å². The molecular weight excluding hydrogens is 248 g/mol. The van der Waals surface area contributed by atoms with Crippen molar-refractivity contribution in [2.75, 3.05) is 12.3 Å². The van der Waals surface area contributed by atoms with Crippen LogP contribution in [0.25, 0.3) is 0 Å². The number of nitrogens with two attached hydrogens (primary N) is 2. The molecule has 0 aromatic rings. The Morgan fingerprint density at radius 2 is 1.60 bits per heavy atom. The van der Waals surface area contributed by atoms with Gasteiger partial charge >= 0.3 is 0 Å². The molecule has 0 spiro atoms. The van der Waals surface area contributed by atoms with Crippen molar-refractivity contribution in [3.63, 3.8) is 0 Å². The Kier molecular flexibility index (Phi) is 5.09. The lowest BCUT2D eigenvalue weighted by molar-refractivity contribution is 0.443. The van der Waals surface area contributed by atoms with Gasteiger partial charge in [-0.1, -0.05) is 0 Å². The van der Waals surface area contributed by atoms with Gasteiger partial charge in [0.25, 0.3) is 20.2 Å². The second kappa shape index (κ2) is 5.18. The van der Waals surface area contributed by atoms with E-state index < -0.39 is 43.8 Å². The van der Waals surface area contributed by atoms with Crippen LogP contribution in [0.5, 0.6) is 0 Å². The smallest absolute Gasteiger partial charge is 0.270 e. The SMILES string of the molecule is NCC(C(N)CCS(=O)(=O)O)S(=O)(=O)O. The molecule has 0 aliphatic heterocycles. The molecule has 0 amide bonds. The first-order valence-corrected chi connectivity index (χ1v) is 7.06. The summed E-state index contributed by atoms with van der Waals surface area (Å²) < 4.78 is 59.2. The average molecular weight is 262 g/mol. The van der Waals surface area contributed by atoms with Gasteiger partial charge < -0.3 is 11.5 Å². The van der Waals surface area contributed by atoms with E-state index in [2.05, 4.69) is 0 Å². The van der Waals surface area contributed by atoms with Gasteiger partial charge in [0.15, 0.2) is 0 Å². The molecule has 0 bridgehead atoms. The van der Waals surface area contributed by atoms with Crippen LogP contribution in [0, 0.1) is 0 Å². The van der Waals surface area contributed by atoms with Crippen LogP contribution in [0.15, 0.2) is 0 Å². The fourth-order valence-electron chi connectivity index (χ4n) is 0.988. The molecule has 15 heavy (non-hydrogen) atoms. The third kappa shape index (κ3) is 6.02. The first-order valence-electron chi connectivity index (χ1n) is 3.95. The topological polar surface area (TPSA) is 161 Å².